The zero-order valence-corrected chi connectivity index (χ0v) is 20.7. The molecule has 0 saturated heterocycles. The minimum atomic E-state index is -0.959. The van der Waals surface area contributed by atoms with Crippen LogP contribution in [0.25, 0.3) is 20.8 Å². The number of benzene rings is 2. The second-order valence-corrected chi connectivity index (χ2v) is 9.35. The van der Waals surface area contributed by atoms with Gasteiger partial charge < -0.3 is 25.0 Å². The number of para-hydroxylation sites is 1. The third-order valence-corrected chi connectivity index (χ3v) is 6.63. The minimum absolute atomic E-state index is 0.0468. The summed E-state index contributed by atoms with van der Waals surface area (Å²) in [5.74, 6) is -1.17. The first-order valence-corrected chi connectivity index (χ1v) is 12.4. The first-order chi connectivity index (χ1) is 18.4. The Hall–Kier alpha value is -4.77. The molecule has 2 aromatic carbocycles. The van der Waals surface area contributed by atoms with E-state index in [-0.39, 0.29) is 24.6 Å². The molecule has 5 aromatic rings. The Bertz CT molecular complexity index is 1600. The predicted molar refractivity (Wildman–Crippen MR) is 143 cm³/mol. The van der Waals surface area contributed by atoms with Crippen molar-refractivity contribution in [2.75, 3.05) is 17.2 Å². The van der Waals surface area contributed by atoms with Gasteiger partial charge in [0, 0.05) is 48.9 Å². The lowest BCUT2D eigenvalue weighted by Crippen LogP contribution is -2.16. The third kappa shape index (κ3) is 5.95. The van der Waals surface area contributed by atoms with Gasteiger partial charge in [-0.15, -0.1) is 11.3 Å². The number of carboxylic acid groups (broad SMARTS) is 1. The zero-order chi connectivity index (χ0) is 26.5. The molecule has 3 heterocycles. The van der Waals surface area contributed by atoms with Crippen molar-refractivity contribution in [1.29, 1.82) is 0 Å². The molecule has 192 valence electrons. The second-order valence-electron chi connectivity index (χ2n) is 8.30. The number of amides is 1. The van der Waals surface area contributed by atoms with E-state index in [1.165, 1.54) is 34.4 Å². The molecule has 9 nitrogen and oxygen atoms in total. The van der Waals surface area contributed by atoms with Gasteiger partial charge in [-0.3, -0.25) is 14.6 Å². The number of aromatic nitrogens is 3. The third-order valence-electron chi connectivity index (χ3n) is 5.47. The molecule has 0 unspecified atom stereocenters. The maximum absolute atomic E-state index is 14.9. The first kappa shape index (κ1) is 24.9. The van der Waals surface area contributed by atoms with Crippen molar-refractivity contribution < 1.29 is 23.8 Å². The van der Waals surface area contributed by atoms with Gasteiger partial charge >= 0.3 is 5.97 Å². The number of aliphatic carboxylic acids is 1. The van der Waals surface area contributed by atoms with Gasteiger partial charge in [0.05, 0.1) is 27.1 Å². The molecule has 0 aliphatic carbocycles. The topological polar surface area (TPSA) is 118 Å². The number of pyridine rings is 1. The molecule has 3 aromatic heterocycles. The highest BCUT2D eigenvalue weighted by atomic mass is 32.1. The average Bonchev–Trinajstić information content (AvgIpc) is 3.53. The number of hydrogen-bond donors (Lipinski definition) is 3. The van der Waals surface area contributed by atoms with Crippen LogP contribution in [0.1, 0.15) is 6.42 Å². The van der Waals surface area contributed by atoms with Gasteiger partial charge in [-0.05, 0) is 30.3 Å². The number of thiophene rings is 1. The number of hydrogen-bond acceptors (Lipinski definition) is 7. The number of ether oxygens (including phenoxy) is 1. The maximum atomic E-state index is 14.9. The summed E-state index contributed by atoms with van der Waals surface area (Å²) in [5.41, 5.74) is 2.51. The molecule has 1 amide bonds. The summed E-state index contributed by atoms with van der Waals surface area (Å²) in [6, 6.07) is 17.2. The van der Waals surface area contributed by atoms with E-state index < -0.39 is 11.8 Å². The van der Waals surface area contributed by atoms with Crippen molar-refractivity contribution in [3.05, 3.63) is 85.2 Å². The number of anilines is 2. The van der Waals surface area contributed by atoms with Gasteiger partial charge in [0.1, 0.15) is 12.3 Å². The van der Waals surface area contributed by atoms with Crippen LogP contribution in [0.4, 0.5) is 15.8 Å². The molecule has 0 spiro atoms. The van der Waals surface area contributed by atoms with E-state index in [9.17, 15) is 14.0 Å². The molecule has 0 atom stereocenters. The SMILES string of the molecule is O=C(O)Cn1cnc(-c2cc3nccc(Oc4ccc(NCCC(=O)Nc5ccccc5)cc4F)c3s2)c1. The molecule has 0 fully saturated rings. The van der Waals surface area contributed by atoms with E-state index in [4.69, 9.17) is 9.84 Å². The summed E-state index contributed by atoms with van der Waals surface area (Å²) in [5, 5.41) is 14.8. The van der Waals surface area contributed by atoms with E-state index in [1.54, 1.807) is 24.5 Å². The highest BCUT2D eigenvalue weighted by Gasteiger charge is 2.15. The lowest BCUT2D eigenvalue weighted by Gasteiger charge is -2.11. The van der Waals surface area contributed by atoms with E-state index in [1.807, 2.05) is 36.4 Å². The van der Waals surface area contributed by atoms with Crippen molar-refractivity contribution in [3.8, 4) is 22.1 Å². The summed E-state index contributed by atoms with van der Waals surface area (Å²) in [7, 11) is 0. The standard InChI is InChI=1S/C27H22FN5O4S/c28-19-12-18(29-11-9-25(34)32-17-4-2-1-3-5-17)6-7-22(19)37-23-8-10-30-20-13-24(38-27(20)23)21-14-33(16-31-21)15-26(35)36/h1-8,10,12-14,16,29H,9,11,15H2,(H,32,34)(H,35,36). The van der Waals surface area contributed by atoms with Crippen LogP contribution >= 0.6 is 11.3 Å². The lowest BCUT2D eigenvalue weighted by molar-refractivity contribution is -0.137. The Morgan fingerprint density at radius 2 is 1.87 bits per heavy atom. The van der Waals surface area contributed by atoms with E-state index in [2.05, 4.69) is 20.6 Å². The van der Waals surface area contributed by atoms with Crippen molar-refractivity contribution >= 4 is 44.8 Å². The molecule has 0 saturated carbocycles. The normalized spacial score (nSPS) is 10.9. The molecule has 3 N–H and O–H groups in total. The fourth-order valence-corrected chi connectivity index (χ4v) is 4.76. The monoisotopic (exact) mass is 531 g/mol. The lowest BCUT2D eigenvalue weighted by atomic mass is 10.2. The smallest absolute Gasteiger partial charge is 0.323 e. The quantitative estimate of drug-likeness (QED) is 0.214. The summed E-state index contributed by atoms with van der Waals surface area (Å²) in [4.78, 5) is 32.5. The van der Waals surface area contributed by atoms with Crippen LogP contribution in [0.3, 0.4) is 0 Å². The minimum Gasteiger partial charge on any atom is -0.480 e. The molecule has 11 heteroatoms. The summed E-state index contributed by atoms with van der Waals surface area (Å²) in [6.07, 6.45) is 4.90. The summed E-state index contributed by atoms with van der Waals surface area (Å²) in [6.45, 7) is 0.152. The largest absolute Gasteiger partial charge is 0.480 e. The number of nitrogens with zero attached hydrogens (tertiary/aromatic N) is 3. The van der Waals surface area contributed by atoms with Crippen LogP contribution < -0.4 is 15.4 Å². The van der Waals surface area contributed by atoms with E-state index in [0.717, 1.165) is 10.6 Å². The van der Waals surface area contributed by atoms with Gasteiger partial charge in [-0.25, -0.2) is 9.37 Å². The van der Waals surface area contributed by atoms with Gasteiger partial charge in [0.15, 0.2) is 11.6 Å². The van der Waals surface area contributed by atoms with Crippen LogP contribution in [0, 0.1) is 5.82 Å². The fraction of sp³-hybridized carbons (Fsp3) is 0.111. The van der Waals surface area contributed by atoms with Crippen LogP contribution in [0.15, 0.2) is 79.4 Å². The Kier molecular flexibility index (Phi) is 7.27. The molecule has 0 radical (unpaired) electrons. The van der Waals surface area contributed by atoms with Crippen LogP contribution in [0.5, 0.6) is 11.5 Å². The zero-order valence-electron chi connectivity index (χ0n) is 19.9. The number of rotatable bonds is 10. The summed E-state index contributed by atoms with van der Waals surface area (Å²) < 4.78 is 23.0. The molecule has 0 bridgehead atoms. The van der Waals surface area contributed by atoms with Gasteiger partial charge in [-0.1, -0.05) is 18.2 Å². The second kappa shape index (κ2) is 11.1. The Morgan fingerprint density at radius 1 is 1.03 bits per heavy atom. The molecule has 38 heavy (non-hydrogen) atoms. The molecular weight excluding hydrogens is 509 g/mol. The number of carbonyl (C=O) groups excluding carboxylic acids is 1. The van der Waals surface area contributed by atoms with Gasteiger partial charge in [0.2, 0.25) is 5.91 Å². The van der Waals surface area contributed by atoms with E-state index >= 15 is 0 Å². The average molecular weight is 532 g/mol. The van der Waals surface area contributed by atoms with Gasteiger partial charge in [-0.2, -0.15) is 0 Å². The first-order valence-electron chi connectivity index (χ1n) is 11.6. The highest BCUT2D eigenvalue weighted by molar-refractivity contribution is 7.22. The summed E-state index contributed by atoms with van der Waals surface area (Å²) >= 11 is 1.37. The molecular formula is C27H22FN5O4S. The van der Waals surface area contributed by atoms with E-state index in [0.29, 0.717) is 33.9 Å². The number of carbonyl (C=O) groups is 2. The van der Waals surface area contributed by atoms with Gasteiger partial charge in [0.25, 0.3) is 0 Å². The highest BCUT2D eigenvalue weighted by Crippen LogP contribution is 2.39. The fourth-order valence-electron chi connectivity index (χ4n) is 3.73. The maximum Gasteiger partial charge on any atom is 0.323 e. The van der Waals surface area contributed by atoms with Crippen molar-refractivity contribution in [3.63, 3.8) is 0 Å². The molecule has 0 aliphatic heterocycles. The Labute approximate surface area is 220 Å². The molecule has 5 rings (SSSR count). The van der Waals surface area contributed by atoms with Crippen molar-refractivity contribution in [1.82, 2.24) is 14.5 Å². The van der Waals surface area contributed by atoms with Crippen molar-refractivity contribution in [2.24, 2.45) is 0 Å². The predicted octanol–water partition coefficient (Wildman–Crippen LogP) is 5.62. The Balaban J connectivity index is 1.24. The van der Waals surface area contributed by atoms with Crippen molar-refractivity contribution in [2.45, 2.75) is 13.0 Å². The molecule has 0 aliphatic rings. The number of fused-ring (bicyclic) bond motifs is 1. The number of nitrogens with one attached hydrogen (secondary N) is 2. The number of halogens is 1. The van der Waals surface area contributed by atoms with Crippen LogP contribution in [-0.2, 0) is 16.1 Å². The number of imidazole rings is 1. The van der Waals surface area contributed by atoms with Crippen LogP contribution in [-0.4, -0.2) is 38.1 Å². The number of carboxylic acids is 1. The van der Waals surface area contributed by atoms with Crippen LogP contribution in [0.2, 0.25) is 0 Å². The Morgan fingerprint density at radius 3 is 2.66 bits per heavy atom.